The number of hydrogen-bond donors (Lipinski definition) is 2. The summed E-state index contributed by atoms with van der Waals surface area (Å²) < 4.78 is 5.17. The van der Waals surface area contributed by atoms with E-state index in [4.69, 9.17) is 4.42 Å². The lowest BCUT2D eigenvalue weighted by molar-refractivity contribution is 0.0640. The van der Waals surface area contributed by atoms with Gasteiger partial charge in [0, 0.05) is 43.1 Å². The summed E-state index contributed by atoms with van der Waals surface area (Å²) in [6.07, 6.45) is 1.47. The van der Waals surface area contributed by atoms with Gasteiger partial charge in [0.05, 0.1) is 6.26 Å². The highest BCUT2D eigenvalue weighted by Crippen LogP contribution is 2.19. The number of para-hydroxylation sites is 1. The molecular formula is C24H24N4O4. The van der Waals surface area contributed by atoms with Gasteiger partial charge in [-0.2, -0.15) is 0 Å². The number of aryl methyl sites for hydroxylation is 1. The van der Waals surface area contributed by atoms with Gasteiger partial charge in [-0.15, -0.1) is 0 Å². The normalized spacial score (nSPS) is 13.5. The van der Waals surface area contributed by atoms with Gasteiger partial charge in [0.1, 0.15) is 0 Å². The lowest BCUT2D eigenvalue weighted by Crippen LogP contribution is -2.51. The molecule has 2 N–H and O–H groups in total. The molecule has 1 saturated heterocycles. The highest BCUT2D eigenvalue weighted by molar-refractivity contribution is 6.05. The van der Waals surface area contributed by atoms with E-state index in [0.717, 1.165) is 5.56 Å². The number of benzene rings is 2. The van der Waals surface area contributed by atoms with Crippen molar-refractivity contribution in [3.63, 3.8) is 0 Å². The summed E-state index contributed by atoms with van der Waals surface area (Å²) in [6.45, 7) is 3.53. The van der Waals surface area contributed by atoms with Gasteiger partial charge in [-0.1, -0.05) is 24.3 Å². The number of hydrogen-bond acceptors (Lipinski definition) is 4. The quantitative estimate of drug-likeness (QED) is 0.655. The van der Waals surface area contributed by atoms with Crippen LogP contribution in [0.5, 0.6) is 0 Å². The van der Waals surface area contributed by atoms with Crippen molar-refractivity contribution in [2.24, 2.45) is 0 Å². The second-order valence-corrected chi connectivity index (χ2v) is 7.54. The van der Waals surface area contributed by atoms with Gasteiger partial charge in [0.25, 0.3) is 11.8 Å². The smallest absolute Gasteiger partial charge is 0.321 e. The van der Waals surface area contributed by atoms with Crippen LogP contribution in [0.4, 0.5) is 16.2 Å². The molecule has 0 unspecified atom stereocenters. The Hall–Kier alpha value is -4.07. The molecule has 1 aliphatic heterocycles. The molecule has 0 saturated carbocycles. The van der Waals surface area contributed by atoms with Crippen molar-refractivity contribution >= 4 is 29.2 Å². The molecule has 1 aromatic heterocycles. The molecule has 0 aliphatic carbocycles. The Bertz CT molecular complexity index is 1100. The molecule has 164 valence electrons. The highest BCUT2D eigenvalue weighted by Gasteiger charge is 2.26. The topological polar surface area (TPSA) is 94.9 Å². The monoisotopic (exact) mass is 432 g/mol. The largest absolute Gasteiger partial charge is 0.459 e. The van der Waals surface area contributed by atoms with E-state index >= 15 is 0 Å². The van der Waals surface area contributed by atoms with Gasteiger partial charge in [-0.3, -0.25) is 9.59 Å². The molecule has 32 heavy (non-hydrogen) atoms. The lowest BCUT2D eigenvalue weighted by atomic mass is 10.1. The van der Waals surface area contributed by atoms with Crippen molar-refractivity contribution in [2.45, 2.75) is 6.92 Å². The van der Waals surface area contributed by atoms with Crippen LogP contribution in [0.2, 0.25) is 0 Å². The van der Waals surface area contributed by atoms with Gasteiger partial charge in [0.2, 0.25) is 0 Å². The molecule has 4 rings (SSSR count). The highest BCUT2D eigenvalue weighted by atomic mass is 16.3. The van der Waals surface area contributed by atoms with Gasteiger partial charge in [-0.25, -0.2) is 4.79 Å². The molecule has 0 spiro atoms. The molecule has 4 amide bonds. The van der Waals surface area contributed by atoms with Crippen molar-refractivity contribution in [1.29, 1.82) is 0 Å². The van der Waals surface area contributed by atoms with E-state index in [9.17, 15) is 14.4 Å². The summed E-state index contributed by atoms with van der Waals surface area (Å²) in [6, 6.07) is 17.4. The first-order valence-corrected chi connectivity index (χ1v) is 10.4. The Morgan fingerprint density at radius 3 is 2.25 bits per heavy atom. The molecule has 8 nitrogen and oxygen atoms in total. The van der Waals surface area contributed by atoms with Crippen LogP contribution < -0.4 is 10.6 Å². The van der Waals surface area contributed by atoms with Gasteiger partial charge in [0.15, 0.2) is 5.76 Å². The third kappa shape index (κ3) is 4.80. The predicted molar refractivity (Wildman–Crippen MR) is 121 cm³/mol. The Labute approximate surface area is 185 Å². The number of nitrogens with one attached hydrogen (secondary N) is 2. The van der Waals surface area contributed by atoms with Gasteiger partial charge < -0.3 is 24.9 Å². The van der Waals surface area contributed by atoms with Crippen LogP contribution >= 0.6 is 0 Å². The SMILES string of the molecule is Cc1ccc(C(=O)Nc2ccccc2)cc1NC(=O)N1CCN(C(=O)c2ccco2)CC1. The number of piperazine rings is 1. The van der Waals surface area contributed by atoms with E-state index in [1.165, 1.54) is 6.26 Å². The van der Waals surface area contributed by atoms with Crippen LogP contribution in [0, 0.1) is 6.92 Å². The number of nitrogens with zero attached hydrogens (tertiary/aromatic N) is 2. The van der Waals surface area contributed by atoms with E-state index in [0.29, 0.717) is 48.9 Å². The number of rotatable bonds is 4. The average molecular weight is 432 g/mol. The predicted octanol–water partition coefficient (Wildman–Crippen LogP) is 3.83. The molecule has 0 radical (unpaired) electrons. The van der Waals surface area contributed by atoms with E-state index in [2.05, 4.69) is 10.6 Å². The Balaban J connectivity index is 1.36. The maximum absolute atomic E-state index is 12.8. The number of carbonyl (C=O) groups excluding carboxylic acids is 3. The van der Waals surface area contributed by atoms with Crippen LogP contribution in [0.25, 0.3) is 0 Å². The summed E-state index contributed by atoms with van der Waals surface area (Å²) in [5.74, 6) is -0.135. The first-order chi connectivity index (χ1) is 15.5. The standard InChI is InChI=1S/C24H24N4O4/c1-17-9-10-18(22(29)25-19-6-3-2-4-7-19)16-20(17)26-24(31)28-13-11-27(12-14-28)23(30)21-8-5-15-32-21/h2-10,15-16H,11-14H2,1H3,(H,25,29)(H,26,31). The zero-order valence-electron chi connectivity index (χ0n) is 17.7. The van der Waals surface area contributed by atoms with E-state index in [1.54, 1.807) is 40.1 Å². The number of anilines is 2. The molecule has 1 aliphatic rings. The third-order valence-corrected chi connectivity index (χ3v) is 5.36. The molecule has 8 heteroatoms. The number of urea groups is 1. The van der Waals surface area contributed by atoms with Crippen LogP contribution in [0.3, 0.4) is 0 Å². The zero-order valence-corrected chi connectivity index (χ0v) is 17.7. The molecule has 2 heterocycles. The molecule has 0 atom stereocenters. The van der Waals surface area contributed by atoms with Crippen molar-refractivity contribution in [3.8, 4) is 0 Å². The number of carbonyl (C=O) groups is 3. The molecule has 3 aromatic rings. The Morgan fingerprint density at radius 2 is 1.56 bits per heavy atom. The second-order valence-electron chi connectivity index (χ2n) is 7.54. The molecule has 0 bridgehead atoms. The van der Waals surface area contributed by atoms with E-state index in [-0.39, 0.29) is 17.8 Å². The average Bonchev–Trinajstić information content (AvgIpc) is 3.36. The van der Waals surface area contributed by atoms with Crippen molar-refractivity contribution in [3.05, 3.63) is 83.8 Å². The lowest BCUT2D eigenvalue weighted by Gasteiger charge is -2.34. The summed E-state index contributed by atoms with van der Waals surface area (Å²) in [4.78, 5) is 41.1. The van der Waals surface area contributed by atoms with Crippen LogP contribution in [0.1, 0.15) is 26.5 Å². The number of furan rings is 1. The fraction of sp³-hybridized carbons (Fsp3) is 0.208. The third-order valence-electron chi connectivity index (χ3n) is 5.36. The van der Waals surface area contributed by atoms with Crippen molar-refractivity contribution < 1.29 is 18.8 Å². The summed E-state index contributed by atoms with van der Waals surface area (Å²) in [7, 11) is 0. The second kappa shape index (κ2) is 9.38. The minimum atomic E-state index is -0.265. The zero-order chi connectivity index (χ0) is 22.5. The minimum absolute atomic E-state index is 0.178. The number of amides is 4. The Morgan fingerprint density at radius 1 is 0.844 bits per heavy atom. The minimum Gasteiger partial charge on any atom is -0.459 e. The van der Waals surface area contributed by atoms with E-state index in [1.807, 2.05) is 37.3 Å². The van der Waals surface area contributed by atoms with Crippen molar-refractivity contribution in [2.75, 3.05) is 36.8 Å². The Kier molecular flexibility index (Phi) is 6.21. The maximum Gasteiger partial charge on any atom is 0.321 e. The first-order valence-electron chi connectivity index (χ1n) is 10.4. The summed E-state index contributed by atoms with van der Waals surface area (Å²) in [5, 5.41) is 5.74. The van der Waals surface area contributed by atoms with Crippen molar-refractivity contribution in [1.82, 2.24) is 9.80 Å². The molecule has 1 fully saturated rings. The fourth-order valence-electron chi connectivity index (χ4n) is 3.49. The van der Waals surface area contributed by atoms with Gasteiger partial charge in [-0.05, 0) is 48.9 Å². The summed E-state index contributed by atoms with van der Waals surface area (Å²) in [5.41, 5.74) is 2.57. The fourth-order valence-corrected chi connectivity index (χ4v) is 3.49. The summed E-state index contributed by atoms with van der Waals surface area (Å²) >= 11 is 0. The van der Waals surface area contributed by atoms with Gasteiger partial charge >= 0.3 is 6.03 Å². The van der Waals surface area contributed by atoms with Crippen LogP contribution in [0.15, 0.2) is 71.3 Å². The van der Waals surface area contributed by atoms with E-state index < -0.39 is 0 Å². The van der Waals surface area contributed by atoms with Crippen LogP contribution in [-0.4, -0.2) is 53.8 Å². The first kappa shape index (κ1) is 21.2. The van der Waals surface area contributed by atoms with Crippen LogP contribution in [-0.2, 0) is 0 Å². The molecular weight excluding hydrogens is 408 g/mol. The molecule has 2 aromatic carbocycles. The maximum atomic E-state index is 12.8.